The van der Waals surface area contributed by atoms with E-state index in [0.29, 0.717) is 11.3 Å². The van der Waals surface area contributed by atoms with Gasteiger partial charge in [-0.15, -0.1) is 0 Å². The Labute approximate surface area is 255 Å². The van der Waals surface area contributed by atoms with Gasteiger partial charge in [-0.3, -0.25) is 0 Å². The van der Waals surface area contributed by atoms with E-state index in [-0.39, 0.29) is 11.8 Å². The van der Waals surface area contributed by atoms with Crippen LogP contribution in [0, 0.1) is 17.9 Å². The van der Waals surface area contributed by atoms with Gasteiger partial charge in [0.05, 0.1) is 12.6 Å². The molecule has 2 unspecified atom stereocenters. The zero-order valence-electron chi connectivity index (χ0n) is 23.8. The van der Waals surface area contributed by atoms with Crippen molar-refractivity contribution in [2.45, 2.75) is 11.8 Å². The van der Waals surface area contributed by atoms with Gasteiger partial charge in [-0.2, -0.15) is 5.26 Å². The summed E-state index contributed by atoms with van der Waals surface area (Å²) >= 11 is 0. The summed E-state index contributed by atoms with van der Waals surface area (Å²) in [5.74, 6) is -0.208. The van der Waals surface area contributed by atoms with Crippen LogP contribution in [0.1, 0.15) is 50.8 Å². The van der Waals surface area contributed by atoms with Crippen molar-refractivity contribution < 1.29 is 0 Å². The second-order valence-corrected chi connectivity index (χ2v) is 11.8. The van der Waals surface area contributed by atoms with Crippen LogP contribution in [0.5, 0.6) is 0 Å². The molecule has 0 fully saturated rings. The normalized spacial score (nSPS) is 15.7. The molecular formula is C42H24N2. The third-order valence-electron chi connectivity index (χ3n) is 9.64. The first-order valence-electron chi connectivity index (χ1n) is 14.9. The average Bonchev–Trinajstić information content (AvgIpc) is 3.57. The Morgan fingerprint density at radius 3 is 1.41 bits per heavy atom. The van der Waals surface area contributed by atoms with E-state index in [1.165, 1.54) is 66.1 Å². The highest BCUT2D eigenvalue weighted by atomic mass is 14.7. The van der Waals surface area contributed by atoms with Gasteiger partial charge in [0, 0.05) is 17.4 Å². The number of rotatable bonds is 2. The molecule has 202 valence electrons. The van der Waals surface area contributed by atoms with Crippen molar-refractivity contribution in [3.63, 3.8) is 0 Å². The van der Waals surface area contributed by atoms with Crippen LogP contribution < -0.4 is 0 Å². The summed E-state index contributed by atoms with van der Waals surface area (Å²) < 4.78 is 0. The van der Waals surface area contributed by atoms with E-state index in [9.17, 15) is 5.26 Å². The van der Waals surface area contributed by atoms with Crippen molar-refractivity contribution >= 4 is 27.2 Å². The van der Waals surface area contributed by atoms with E-state index in [0.717, 1.165) is 11.1 Å². The lowest BCUT2D eigenvalue weighted by atomic mass is 9.80. The van der Waals surface area contributed by atoms with Crippen molar-refractivity contribution in [3.05, 3.63) is 184 Å². The van der Waals surface area contributed by atoms with Crippen LogP contribution >= 0.6 is 0 Å². The van der Waals surface area contributed by atoms with Crippen LogP contribution in [-0.2, 0) is 0 Å². The molecule has 0 aliphatic heterocycles. The largest absolute Gasteiger partial charge is 0.238 e. The van der Waals surface area contributed by atoms with E-state index >= 15 is 0 Å². The van der Waals surface area contributed by atoms with Crippen LogP contribution in [0.4, 0.5) is 5.69 Å². The molecule has 0 aromatic heterocycles. The minimum Gasteiger partial charge on any atom is -0.238 e. The van der Waals surface area contributed by atoms with E-state index in [1.807, 2.05) is 6.07 Å². The molecular weight excluding hydrogens is 532 g/mol. The minimum absolute atomic E-state index is 0.103. The van der Waals surface area contributed by atoms with Crippen LogP contribution in [0.3, 0.4) is 0 Å². The Hall–Kier alpha value is -5.96. The van der Waals surface area contributed by atoms with E-state index in [2.05, 4.69) is 138 Å². The fourth-order valence-electron chi connectivity index (χ4n) is 7.74. The first kappa shape index (κ1) is 24.6. The molecule has 0 N–H and O–H groups in total. The van der Waals surface area contributed by atoms with Gasteiger partial charge in [0.15, 0.2) is 5.69 Å². The topological polar surface area (TPSA) is 28.1 Å². The van der Waals surface area contributed by atoms with Gasteiger partial charge in [-0.1, -0.05) is 103 Å². The minimum atomic E-state index is -0.105. The van der Waals surface area contributed by atoms with Crippen molar-refractivity contribution in [2.75, 3.05) is 0 Å². The van der Waals surface area contributed by atoms with Crippen molar-refractivity contribution in [1.82, 2.24) is 0 Å². The Bertz CT molecular complexity index is 2270. The van der Waals surface area contributed by atoms with Gasteiger partial charge in [0.1, 0.15) is 0 Å². The summed E-state index contributed by atoms with van der Waals surface area (Å²) in [6, 6.07) is 49.8. The van der Waals surface area contributed by atoms with E-state index in [4.69, 9.17) is 6.57 Å². The summed E-state index contributed by atoms with van der Waals surface area (Å²) in [5, 5.41) is 15.3. The second-order valence-electron chi connectivity index (χ2n) is 11.8. The maximum absolute atomic E-state index is 10.5. The van der Waals surface area contributed by atoms with E-state index < -0.39 is 0 Å². The number of nitrogens with zero attached hydrogens (tertiary/aromatic N) is 2. The molecule has 0 spiro atoms. The van der Waals surface area contributed by atoms with E-state index in [1.54, 1.807) is 0 Å². The van der Waals surface area contributed by atoms with Gasteiger partial charge >= 0.3 is 0 Å². The molecule has 0 amide bonds. The molecule has 9 rings (SSSR count). The molecule has 2 nitrogen and oxygen atoms in total. The molecule has 0 radical (unpaired) electrons. The Kier molecular flexibility index (Phi) is 5.19. The monoisotopic (exact) mass is 556 g/mol. The van der Waals surface area contributed by atoms with Crippen LogP contribution in [0.25, 0.3) is 48.6 Å². The smallest absolute Gasteiger partial charge is 0.192 e. The van der Waals surface area contributed by atoms with Crippen molar-refractivity contribution in [3.8, 4) is 28.3 Å². The maximum atomic E-state index is 10.5. The lowest BCUT2D eigenvalue weighted by molar-refractivity contribution is 0.974. The average molecular weight is 557 g/mol. The molecule has 2 aliphatic carbocycles. The van der Waals surface area contributed by atoms with Crippen LogP contribution in [0.2, 0.25) is 0 Å². The SMILES string of the molecule is [C-]#[N+]c1cc(C#N)c(C2c3ccccc3-c3cc4ccccc4cc32)cc1C1c2ccccc2-c2cc3ccccc3cc21. The molecule has 0 heterocycles. The van der Waals surface area contributed by atoms with Gasteiger partial charge in [-0.25, -0.2) is 4.85 Å². The van der Waals surface area contributed by atoms with Crippen LogP contribution in [0.15, 0.2) is 133 Å². The number of benzene rings is 7. The predicted octanol–water partition coefficient (Wildman–Crippen LogP) is 10.7. The predicted molar refractivity (Wildman–Crippen MR) is 178 cm³/mol. The lowest BCUT2D eigenvalue weighted by Gasteiger charge is -2.22. The Balaban J connectivity index is 1.33. The molecule has 0 saturated carbocycles. The second kappa shape index (κ2) is 9.27. The zero-order valence-corrected chi connectivity index (χ0v) is 23.8. The van der Waals surface area contributed by atoms with Gasteiger partial charge in [0.2, 0.25) is 0 Å². The summed E-state index contributed by atoms with van der Waals surface area (Å²) in [4.78, 5) is 4.03. The highest BCUT2D eigenvalue weighted by Crippen LogP contribution is 2.54. The number of fused-ring (bicyclic) bond motifs is 8. The summed E-state index contributed by atoms with van der Waals surface area (Å²) in [5.41, 5.74) is 12.7. The first-order valence-corrected chi connectivity index (χ1v) is 14.9. The number of nitriles is 1. The van der Waals surface area contributed by atoms with Crippen molar-refractivity contribution in [2.24, 2.45) is 0 Å². The van der Waals surface area contributed by atoms with Gasteiger partial charge in [0.25, 0.3) is 0 Å². The summed E-state index contributed by atoms with van der Waals surface area (Å²) in [7, 11) is 0. The fraction of sp³-hybridized carbons (Fsp3) is 0.0476. The first-order chi connectivity index (χ1) is 21.7. The molecule has 2 aliphatic rings. The number of hydrogen-bond donors (Lipinski definition) is 0. The summed E-state index contributed by atoms with van der Waals surface area (Å²) in [6.07, 6.45) is 0. The van der Waals surface area contributed by atoms with Crippen molar-refractivity contribution in [1.29, 1.82) is 5.26 Å². The highest BCUT2D eigenvalue weighted by Gasteiger charge is 2.36. The van der Waals surface area contributed by atoms with Crippen LogP contribution in [-0.4, -0.2) is 0 Å². The third-order valence-corrected chi connectivity index (χ3v) is 9.64. The molecule has 2 heteroatoms. The molecule has 2 atom stereocenters. The Morgan fingerprint density at radius 1 is 0.455 bits per heavy atom. The van der Waals surface area contributed by atoms with Gasteiger partial charge < -0.3 is 0 Å². The highest BCUT2D eigenvalue weighted by molar-refractivity contribution is 5.95. The molecule has 0 saturated heterocycles. The number of hydrogen-bond acceptors (Lipinski definition) is 1. The Morgan fingerprint density at radius 2 is 0.909 bits per heavy atom. The standard InChI is InChI=1S/C42H24N2/c1-44-40-22-29(24-43)34(41-32-16-8-6-14-30(32)35-18-25-10-2-4-12-27(25)20-37(35)41)23-39(40)42-33-17-9-7-15-31(33)36-19-26-11-3-5-13-28(26)21-38(36)42/h2-23,41-42H. The molecule has 7 aromatic rings. The van der Waals surface area contributed by atoms with Gasteiger partial charge in [-0.05, 0) is 108 Å². The molecule has 0 bridgehead atoms. The fourth-order valence-corrected chi connectivity index (χ4v) is 7.74. The maximum Gasteiger partial charge on any atom is 0.192 e. The quantitative estimate of drug-likeness (QED) is 0.195. The molecule has 7 aromatic carbocycles. The summed E-state index contributed by atoms with van der Waals surface area (Å²) in [6.45, 7) is 8.24. The zero-order chi connectivity index (χ0) is 29.4. The third kappa shape index (κ3) is 3.40. The molecule has 44 heavy (non-hydrogen) atoms. The lowest BCUT2D eigenvalue weighted by Crippen LogP contribution is -2.07.